The summed E-state index contributed by atoms with van der Waals surface area (Å²) in [5.74, 6) is 6.06. The van der Waals surface area contributed by atoms with E-state index in [1.165, 1.54) is 25.7 Å². The molecule has 4 atom stereocenters. The van der Waals surface area contributed by atoms with Crippen LogP contribution in [0.2, 0.25) is 0 Å². The van der Waals surface area contributed by atoms with Crippen LogP contribution in [0.3, 0.4) is 0 Å². The monoisotopic (exact) mass is 208 g/mol. The van der Waals surface area contributed by atoms with E-state index in [1.54, 1.807) is 6.42 Å². The van der Waals surface area contributed by atoms with E-state index in [-0.39, 0.29) is 0 Å². The van der Waals surface area contributed by atoms with Gasteiger partial charge in [0, 0.05) is 0 Å². The molecule has 2 fully saturated rings. The number of rotatable bonds is 2. The Morgan fingerprint density at radius 1 is 0.867 bits per heavy atom. The first-order valence-electron chi connectivity index (χ1n) is 7.11. The van der Waals surface area contributed by atoms with Crippen LogP contribution in [-0.4, -0.2) is 0 Å². The average Bonchev–Trinajstić information content (AvgIpc) is 2.56. The molecule has 0 amide bonds. The van der Waals surface area contributed by atoms with Gasteiger partial charge >= 0.3 is 0 Å². The Balaban J connectivity index is 2.14. The Bertz CT molecular complexity index is 202. The lowest BCUT2D eigenvalue weighted by atomic mass is 9.72. The van der Waals surface area contributed by atoms with Crippen LogP contribution in [0.25, 0.3) is 0 Å². The summed E-state index contributed by atoms with van der Waals surface area (Å²) in [5, 5.41) is 0. The Hall–Kier alpha value is 0. The van der Waals surface area contributed by atoms with Crippen LogP contribution in [0.15, 0.2) is 0 Å². The van der Waals surface area contributed by atoms with Crippen molar-refractivity contribution in [3.63, 3.8) is 0 Å². The largest absolute Gasteiger partial charge is 0.0625 e. The smallest absolute Gasteiger partial charge is 0.0329 e. The molecule has 0 nitrogen and oxygen atoms in total. The molecule has 88 valence electrons. The predicted molar refractivity (Wildman–Crippen MR) is 66.7 cm³/mol. The van der Waals surface area contributed by atoms with Crippen LogP contribution in [0.1, 0.15) is 59.8 Å². The summed E-state index contributed by atoms with van der Waals surface area (Å²) in [6.07, 6.45) is 7.64. The van der Waals surface area contributed by atoms with E-state index in [9.17, 15) is 0 Å². The van der Waals surface area contributed by atoms with E-state index in [0.717, 1.165) is 35.5 Å². The summed E-state index contributed by atoms with van der Waals surface area (Å²) in [6.45, 7) is 9.79. The van der Waals surface area contributed by atoms with E-state index in [1.807, 2.05) is 0 Å². The Morgan fingerprint density at radius 3 is 2.13 bits per heavy atom. The molecule has 2 rings (SSSR count). The highest BCUT2D eigenvalue weighted by Crippen LogP contribution is 2.53. The number of fused-ring (bicyclic) bond motifs is 1. The van der Waals surface area contributed by atoms with Crippen molar-refractivity contribution in [2.45, 2.75) is 59.8 Å². The zero-order chi connectivity index (χ0) is 11.0. The summed E-state index contributed by atoms with van der Waals surface area (Å²) in [4.78, 5) is 0. The molecule has 0 N–H and O–H groups in total. The van der Waals surface area contributed by atoms with Crippen molar-refractivity contribution in [1.82, 2.24) is 0 Å². The van der Waals surface area contributed by atoms with Gasteiger partial charge in [-0.3, -0.25) is 0 Å². The number of hydrogen-bond donors (Lipinski definition) is 0. The fourth-order valence-electron chi connectivity index (χ4n) is 4.57. The maximum absolute atomic E-state index is 2.46. The third-order valence-corrected chi connectivity index (χ3v) is 5.16. The Morgan fingerprint density at radius 2 is 1.53 bits per heavy atom. The van der Waals surface area contributed by atoms with Gasteiger partial charge in [0.1, 0.15) is 0 Å². The summed E-state index contributed by atoms with van der Waals surface area (Å²) in [7, 11) is 0. The highest BCUT2D eigenvalue weighted by atomic mass is 14.5. The van der Waals surface area contributed by atoms with Gasteiger partial charge < -0.3 is 0 Å². The molecule has 0 saturated heterocycles. The molecule has 0 aromatic heterocycles. The van der Waals surface area contributed by atoms with Crippen LogP contribution >= 0.6 is 0 Å². The zero-order valence-corrected chi connectivity index (χ0v) is 11.0. The predicted octanol–water partition coefficient (Wildman–Crippen LogP) is 4.74. The van der Waals surface area contributed by atoms with Crippen molar-refractivity contribution < 1.29 is 0 Å². The third kappa shape index (κ3) is 2.10. The highest BCUT2D eigenvalue weighted by Gasteiger charge is 2.45. The van der Waals surface area contributed by atoms with Crippen molar-refractivity contribution in [3.8, 4) is 0 Å². The van der Waals surface area contributed by atoms with Gasteiger partial charge in [-0.25, -0.2) is 0 Å². The fraction of sp³-hybridized carbons (Fsp3) is 1.00. The van der Waals surface area contributed by atoms with Crippen LogP contribution in [0, 0.1) is 35.5 Å². The topological polar surface area (TPSA) is 0 Å². The van der Waals surface area contributed by atoms with Crippen molar-refractivity contribution in [2.75, 3.05) is 0 Å². The molecule has 0 heteroatoms. The van der Waals surface area contributed by atoms with Crippen LogP contribution < -0.4 is 0 Å². The Labute approximate surface area is 95.8 Å². The van der Waals surface area contributed by atoms with Gasteiger partial charge in [-0.2, -0.15) is 0 Å². The summed E-state index contributed by atoms with van der Waals surface area (Å²) in [6, 6.07) is 0. The molecule has 0 spiro atoms. The first-order chi connectivity index (χ1) is 7.11. The average molecular weight is 208 g/mol. The molecule has 2 aliphatic carbocycles. The first kappa shape index (κ1) is 11.5. The summed E-state index contributed by atoms with van der Waals surface area (Å²) in [5.41, 5.74) is 0. The van der Waals surface area contributed by atoms with E-state index in [2.05, 4.69) is 27.7 Å². The third-order valence-electron chi connectivity index (χ3n) is 5.16. The minimum Gasteiger partial charge on any atom is -0.0625 e. The van der Waals surface area contributed by atoms with Gasteiger partial charge in [0.15, 0.2) is 0 Å². The van der Waals surface area contributed by atoms with Gasteiger partial charge in [-0.05, 0) is 48.3 Å². The van der Waals surface area contributed by atoms with Crippen molar-refractivity contribution in [2.24, 2.45) is 35.5 Å². The van der Waals surface area contributed by atoms with Crippen LogP contribution in [-0.2, 0) is 0 Å². The summed E-state index contributed by atoms with van der Waals surface area (Å²) < 4.78 is 0. The van der Waals surface area contributed by atoms with E-state index in [0.29, 0.717) is 0 Å². The van der Waals surface area contributed by atoms with Crippen molar-refractivity contribution >= 4 is 0 Å². The minimum absolute atomic E-state index is 0.906. The maximum atomic E-state index is 2.46. The maximum Gasteiger partial charge on any atom is -0.0329 e. The molecular weight excluding hydrogens is 180 g/mol. The molecule has 0 aromatic carbocycles. The van der Waals surface area contributed by atoms with Gasteiger partial charge in [-0.15, -0.1) is 0 Å². The van der Waals surface area contributed by atoms with Crippen LogP contribution in [0.4, 0.5) is 0 Å². The second kappa shape index (κ2) is 4.47. The molecule has 15 heavy (non-hydrogen) atoms. The fourth-order valence-corrected chi connectivity index (χ4v) is 4.57. The highest BCUT2D eigenvalue weighted by molar-refractivity contribution is 4.94. The Kier molecular flexibility index (Phi) is 3.42. The molecule has 0 radical (unpaired) electrons. The molecule has 2 saturated carbocycles. The molecule has 0 heterocycles. The van der Waals surface area contributed by atoms with Gasteiger partial charge in [0.05, 0.1) is 0 Å². The van der Waals surface area contributed by atoms with Crippen LogP contribution in [0.5, 0.6) is 0 Å². The second-order valence-corrected chi connectivity index (χ2v) is 6.67. The number of hydrogen-bond acceptors (Lipinski definition) is 0. The lowest BCUT2D eigenvalue weighted by molar-refractivity contribution is 0.156. The van der Waals surface area contributed by atoms with E-state index >= 15 is 0 Å². The quantitative estimate of drug-likeness (QED) is 0.615. The van der Waals surface area contributed by atoms with E-state index in [4.69, 9.17) is 0 Å². The lowest BCUT2D eigenvalue weighted by Gasteiger charge is -2.33. The first-order valence-corrected chi connectivity index (χ1v) is 7.11. The van der Waals surface area contributed by atoms with E-state index < -0.39 is 0 Å². The molecule has 0 aliphatic heterocycles. The zero-order valence-electron chi connectivity index (χ0n) is 11.0. The molecular formula is C15H28. The second-order valence-electron chi connectivity index (χ2n) is 6.67. The molecule has 2 aliphatic rings. The minimum atomic E-state index is 0.906. The molecule has 4 unspecified atom stereocenters. The lowest BCUT2D eigenvalue weighted by Crippen LogP contribution is -2.26. The molecule has 0 aromatic rings. The normalized spacial score (nSPS) is 41.2. The SMILES string of the molecule is CC(C)C1CC2CCCCC2C1C(C)C. The van der Waals surface area contributed by atoms with Crippen molar-refractivity contribution in [3.05, 3.63) is 0 Å². The van der Waals surface area contributed by atoms with Gasteiger partial charge in [-0.1, -0.05) is 47.0 Å². The summed E-state index contributed by atoms with van der Waals surface area (Å²) >= 11 is 0. The van der Waals surface area contributed by atoms with Crippen molar-refractivity contribution in [1.29, 1.82) is 0 Å². The van der Waals surface area contributed by atoms with Gasteiger partial charge in [0.2, 0.25) is 0 Å². The molecule has 0 bridgehead atoms. The van der Waals surface area contributed by atoms with Gasteiger partial charge in [0.25, 0.3) is 0 Å². The standard InChI is InChI=1S/C15H28/c1-10(2)14-9-12-7-5-6-8-13(12)15(14)11(3)4/h10-15H,5-9H2,1-4H3.